The molecule has 0 aliphatic carbocycles. The van der Waals surface area contributed by atoms with Crippen LogP contribution in [0.1, 0.15) is 11.1 Å². The van der Waals surface area contributed by atoms with Crippen molar-refractivity contribution in [2.24, 2.45) is 4.99 Å². The molecule has 0 aliphatic heterocycles. The second-order valence-electron chi connectivity index (χ2n) is 3.42. The van der Waals surface area contributed by atoms with E-state index in [9.17, 15) is 0 Å². The van der Waals surface area contributed by atoms with Gasteiger partial charge in [-0.3, -0.25) is 4.99 Å². The lowest BCUT2D eigenvalue weighted by molar-refractivity contribution is 1.57. The number of rotatable bonds is 3. The molecule has 0 saturated heterocycles. The van der Waals surface area contributed by atoms with Crippen molar-refractivity contribution in [3.8, 4) is 0 Å². The Bertz CT molecular complexity index is 422. The molecule has 0 heterocycles. The van der Waals surface area contributed by atoms with E-state index < -0.39 is 0 Å². The third-order valence-electron chi connectivity index (χ3n) is 2.18. The summed E-state index contributed by atoms with van der Waals surface area (Å²) in [6, 6.07) is 20.2. The van der Waals surface area contributed by atoms with Crippen LogP contribution in [0.25, 0.3) is 6.08 Å². The van der Waals surface area contributed by atoms with Gasteiger partial charge in [-0.1, -0.05) is 60.7 Å². The lowest BCUT2D eigenvalue weighted by atomic mass is 10.2. The van der Waals surface area contributed by atoms with Gasteiger partial charge < -0.3 is 0 Å². The van der Waals surface area contributed by atoms with Gasteiger partial charge in [-0.05, 0) is 17.2 Å². The molecule has 78 valence electrons. The van der Waals surface area contributed by atoms with Crippen molar-refractivity contribution in [1.82, 2.24) is 0 Å². The van der Waals surface area contributed by atoms with Gasteiger partial charge in [-0.15, -0.1) is 0 Å². The summed E-state index contributed by atoms with van der Waals surface area (Å²) < 4.78 is 0. The highest BCUT2D eigenvalue weighted by molar-refractivity contribution is 5.80. The van der Waals surface area contributed by atoms with E-state index in [2.05, 4.69) is 17.1 Å². The van der Waals surface area contributed by atoms with Gasteiger partial charge >= 0.3 is 0 Å². The first-order valence-electron chi connectivity index (χ1n) is 5.25. The van der Waals surface area contributed by atoms with E-state index in [1.165, 1.54) is 0 Å². The second-order valence-corrected chi connectivity index (χ2v) is 3.42. The molecule has 0 atom stereocenters. The molecule has 0 aliphatic rings. The quantitative estimate of drug-likeness (QED) is 0.679. The summed E-state index contributed by atoms with van der Waals surface area (Å²) in [5.41, 5.74) is 2.27. The van der Waals surface area contributed by atoms with Gasteiger partial charge in [-0.2, -0.15) is 0 Å². The van der Waals surface area contributed by atoms with Crippen LogP contribution in [0, 0.1) is 0 Å². The molecule has 0 saturated carbocycles. The van der Waals surface area contributed by atoms with Crippen molar-refractivity contribution in [3.05, 3.63) is 78.0 Å². The Labute approximate surface area is 95.8 Å². The standard InChI is InChI=1S/C15H13N/c1-3-7-14(8-4-1)11-12-16-13-15-9-5-2-6-10-15/h1-13H. The van der Waals surface area contributed by atoms with Crippen LogP contribution in [0.5, 0.6) is 0 Å². The minimum Gasteiger partial charge on any atom is -0.264 e. The Kier molecular flexibility index (Phi) is 3.67. The predicted molar refractivity (Wildman–Crippen MR) is 69.5 cm³/mol. The number of hydrogen-bond donors (Lipinski definition) is 0. The molecular formula is C15H13N. The zero-order chi connectivity index (χ0) is 11.1. The van der Waals surface area contributed by atoms with Gasteiger partial charge in [0.25, 0.3) is 0 Å². The summed E-state index contributed by atoms with van der Waals surface area (Å²) in [6.07, 6.45) is 5.64. The molecule has 0 spiro atoms. The van der Waals surface area contributed by atoms with E-state index in [1.807, 2.05) is 67.0 Å². The van der Waals surface area contributed by atoms with Crippen molar-refractivity contribution < 1.29 is 0 Å². The van der Waals surface area contributed by atoms with Crippen molar-refractivity contribution in [2.45, 2.75) is 0 Å². The summed E-state index contributed by atoms with van der Waals surface area (Å²) in [5, 5.41) is 0. The molecule has 0 amide bonds. The normalized spacial score (nSPS) is 11.2. The second kappa shape index (κ2) is 5.66. The highest BCUT2D eigenvalue weighted by atomic mass is 14.7. The minimum absolute atomic E-state index is 1.11. The van der Waals surface area contributed by atoms with E-state index in [4.69, 9.17) is 0 Å². The van der Waals surface area contributed by atoms with E-state index in [1.54, 1.807) is 0 Å². The van der Waals surface area contributed by atoms with Crippen molar-refractivity contribution in [1.29, 1.82) is 0 Å². The molecule has 1 nitrogen and oxygen atoms in total. The minimum atomic E-state index is 1.11. The van der Waals surface area contributed by atoms with Gasteiger partial charge in [0.2, 0.25) is 0 Å². The molecule has 2 rings (SSSR count). The fourth-order valence-electron chi connectivity index (χ4n) is 1.36. The average molecular weight is 207 g/mol. The van der Waals surface area contributed by atoms with E-state index in [0.29, 0.717) is 0 Å². The molecule has 2 aromatic carbocycles. The van der Waals surface area contributed by atoms with Gasteiger partial charge in [0.05, 0.1) is 0 Å². The van der Waals surface area contributed by atoms with Gasteiger partial charge in [-0.25, -0.2) is 0 Å². The maximum Gasteiger partial charge on any atom is 0.0340 e. The molecule has 2 aromatic rings. The highest BCUT2D eigenvalue weighted by Gasteiger charge is 1.82. The number of hydrogen-bond acceptors (Lipinski definition) is 1. The van der Waals surface area contributed by atoms with Crippen LogP contribution in [-0.4, -0.2) is 6.21 Å². The first-order chi connectivity index (χ1) is 7.95. The summed E-state index contributed by atoms with van der Waals surface area (Å²) in [7, 11) is 0. The zero-order valence-electron chi connectivity index (χ0n) is 8.95. The van der Waals surface area contributed by atoms with Gasteiger partial charge in [0.15, 0.2) is 0 Å². The van der Waals surface area contributed by atoms with Crippen LogP contribution in [-0.2, 0) is 0 Å². The summed E-state index contributed by atoms with van der Waals surface area (Å²) in [6.45, 7) is 0. The van der Waals surface area contributed by atoms with Crippen LogP contribution in [0.4, 0.5) is 0 Å². The SMILES string of the molecule is C(=Cc1ccccc1)N=Cc1ccccc1. The van der Waals surface area contributed by atoms with Gasteiger partial charge in [0, 0.05) is 12.4 Å². The van der Waals surface area contributed by atoms with Gasteiger partial charge in [0.1, 0.15) is 0 Å². The molecule has 1 heteroatoms. The summed E-state index contributed by atoms with van der Waals surface area (Å²) in [4.78, 5) is 4.23. The zero-order valence-corrected chi connectivity index (χ0v) is 8.95. The van der Waals surface area contributed by atoms with Crippen LogP contribution in [0.3, 0.4) is 0 Å². The Hall–Kier alpha value is -2.15. The molecule has 0 fully saturated rings. The Balaban J connectivity index is 1.98. The van der Waals surface area contributed by atoms with E-state index >= 15 is 0 Å². The molecule has 0 N–H and O–H groups in total. The number of benzene rings is 2. The third kappa shape index (κ3) is 3.21. The topological polar surface area (TPSA) is 12.4 Å². The number of nitrogens with zero attached hydrogens (tertiary/aromatic N) is 1. The Morgan fingerprint density at radius 2 is 1.25 bits per heavy atom. The third-order valence-corrected chi connectivity index (χ3v) is 2.18. The molecule has 0 bridgehead atoms. The van der Waals surface area contributed by atoms with Crippen molar-refractivity contribution in [3.63, 3.8) is 0 Å². The molecule has 16 heavy (non-hydrogen) atoms. The molecular weight excluding hydrogens is 194 g/mol. The average Bonchev–Trinajstić information content (AvgIpc) is 2.37. The van der Waals surface area contributed by atoms with E-state index in [-0.39, 0.29) is 0 Å². The maximum atomic E-state index is 4.23. The first kappa shape index (κ1) is 10.4. The van der Waals surface area contributed by atoms with Crippen LogP contribution < -0.4 is 0 Å². The fraction of sp³-hybridized carbons (Fsp3) is 0. The smallest absolute Gasteiger partial charge is 0.0340 e. The lowest BCUT2D eigenvalue weighted by Gasteiger charge is -1.89. The maximum absolute atomic E-state index is 4.23. The van der Waals surface area contributed by atoms with Crippen LogP contribution in [0.15, 0.2) is 71.9 Å². The molecule has 0 radical (unpaired) electrons. The monoisotopic (exact) mass is 207 g/mol. The molecule has 0 aromatic heterocycles. The fourth-order valence-corrected chi connectivity index (χ4v) is 1.36. The number of aliphatic imine (C=N–C) groups is 1. The summed E-state index contributed by atoms with van der Waals surface area (Å²) >= 11 is 0. The molecule has 0 unspecified atom stereocenters. The highest BCUT2D eigenvalue weighted by Crippen LogP contribution is 2.01. The van der Waals surface area contributed by atoms with Crippen LogP contribution in [0.2, 0.25) is 0 Å². The van der Waals surface area contributed by atoms with Crippen molar-refractivity contribution in [2.75, 3.05) is 0 Å². The van der Waals surface area contributed by atoms with Crippen molar-refractivity contribution >= 4 is 12.3 Å². The first-order valence-corrected chi connectivity index (χ1v) is 5.25. The summed E-state index contributed by atoms with van der Waals surface area (Å²) in [5.74, 6) is 0. The van der Waals surface area contributed by atoms with Crippen LogP contribution >= 0.6 is 0 Å². The lowest BCUT2D eigenvalue weighted by Crippen LogP contribution is -1.76. The Morgan fingerprint density at radius 3 is 1.88 bits per heavy atom. The predicted octanol–water partition coefficient (Wildman–Crippen LogP) is 3.78. The Morgan fingerprint density at radius 1 is 0.688 bits per heavy atom. The van der Waals surface area contributed by atoms with E-state index in [0.717, 1.165) is 11.1 Å². The largest absolute Gasteiger partial charge is 0.264 e.